The normalized spacial score (nSPS) is 11.8. The predicted octanol–water partition coefficient (Wildman–Crippen LogP) is 1.61. The van der Waals surface area contributed by atoms with Gasteiger partial charge in [-0.15, -0.1) is 0 Å². The zero-order chi connectivity index (χ0) is 15.8. The lowest BCUT2D eigenvalue weighted by atomic mass is 10.1. The molecule has 0 spiro atoms. The number of carboxylic acid groups (broad SMARTS) is 1. The monoisotopic (exact) mass is 295 g/mol. The Balaban J connectivity index is 2.63. The number of methoxy groups -OCH3 is 1. The summed E-state index contributed by atoms with van der Waals surface area (Å²) in [6.07, 6.45) is -0.0618. The third-order valence-corrected chi connectivity index (χ3v) is 2.86. The van der Waals surface area contributed by atoms with Crippen molar-refractivity contribution in [3.8, 4) is 5.75 Å². The minimum atomic E-state index is -1.08. The van der Waals surface area contributed by atoms with E-state index >= 15 is 0 Å². The van der Waals surface area contributed by atoms with Gasteiger partial charge >= 0.3 is 5.97 Å². The summed E-state index contributed by atoms with van der Waals surface area (Å²) in [7, 11) is 1.60. The largest absolute Gasteiger partial charge is 0.480 e. The van der Waals surface area contributed by atoms with Gasteiger partial charge in [0.1, 0.15) is 11.3 Å². The van der Waals surface area contributed by atoms with Crippen LogP contribution in [0, 0.1) is 6.92 Å². The van der Waals surface area contributed by atoms with E-state index in [1.807, 2.05) is 0 Å². The van der Waals surface area contributed by atoms with Gasteiger partial charge in [-0.1, -0.05) is 11.6 Å². The second-order valence-electron chi connectivity index (χ2n) is 4.70. The Morgan fingerprint density at radius 3 is 2.71 bits per heavy atom. The maximum Gasteiger partial charge on any atom is 0.339 e. The van der Waals surface area contributed by atoms with Crippen molar-refractivity contribution >= 4 is 11.9 Å². The molecule has 2 N–H and O–H groups in total. The molecule has 1 aromatic carbocycles. The SMILES string of the molecule is COCCCNC(=O)C(C)Oc1ccc(C)cc1C(=O)O. The average molecular weight is 295 g/mol. The smallest absolute Gasteiger partial charge is 0.339 e. The van der Waals surface area contributed by atoms with Crippen LogP contribution in [0.15, 0.2) is 18.2 Å². The van der Waals surface area contributed by atoms with Crippen LogP contribution in [-0.2, 0) is 9.53 Å². The molecule has 0 heterocycles. The summed E-state index contributed by atoms with van der Waals surface area (Å²) in [5, 5.41) is 11.9. The van der Waals surface area contributed by atoms with E-state index in [2.05, 4.69) is 5.32 Å². The highest BCUT2D eigenvalue weighted by atomic mass is 16.5. The van der Waals surface area contributed by atoms with Gasteiger partial charge in [-0.2, -0.15) is 0 Å². The van der Waals surface area contributed by atoms with E-state index in [0.717, 1.165) is 5.56 Å². The molecule has 0 saturated carbocycles. The Morgan fingerprint density at radius 1 is 1.38 bits per heavy atom. The number of hydrogen-bond acceptors (Lipinski definition) is 4. The Morgan fingerprint density at radius 2 is 2.10 bits per heavy atom. The molecule has 21 heavy (non-hydrogen) atoms. The van der Waals surface area contributed by atoms with E-state index in [1.54, 1.807) is 33.1 Å². The van der Waals surface area contributed by atoms with Crippen LogP contribution in [0.1, 0.15) is 29.3 Å². The minimum absolute atomic E-state index is 0.0500. The topological polar surface area (TPSA) is 84.9 Å². The number of carboxylic acids is 1. The van der Waals surface area contributed by atoms with Crippen molar-refractivity contribution in [2.75, 3.05) is 20.3 Å². The number of hydrogen-bond donors (Lipinski definition) is 2. The highest BCUT2D eigenvalue weighted by Crippen LogP contribution is 2.21. The van der Waals surface area contributed by atoms with E-state index in [1.165, 1.54) is 6.07 Å². The molecule has 0 fully saturated rings. The molecule has 0 aliphatic rings. The number of rotatable bonds is 8. The fourth-order valence-corrected chi connectivity index (χ4v) is 1.73. The van der Waals surface area contributed by atoms with Crippen molar-refractivity contribution in [2.45, 2.75) is 26.4 Å². The molecular weight excluding hydrogens is 274 g/mol. The lowest BCUT2D eigenvalue weighted by molar-refractivity contribution is -0.127. The van der Waals surface area contributed by atoms with Gasteiger partial charge < -0.3 is 19.9 Å². The fourth-order valence-electron chi connectivity index (χ4n) is 1.73. The van der Waals surface area contributed by atoms with Crippen LogP contribution in [0.2, 0.25) is 0 Å². The average Bonchev–Trinajstić information content (AvgIpc) is 2.44. The summed E-state index contributed by atoms with van der Waals surface area (Å²) >= 11 is 0. The Kier molecular flexibility index (Phi) is 6.68. The molecule has 0 bridgehead atoms. The number of aryl methyl sites for hydroxylation is 1. The Bertz CT molecular complexity index is 501. The van der Waals surface area contributed by atoms with Crippen LogP contribution in [0.5, 0.6) is 5.75 Å². The molecule has 1 rings (SSSR count). The maximum absolute atomic E-state index is 11.8. The van der Waals surface area contributed by atoms with Crippen molar-refractivity contribution in [2.24, 2.45) is 0 Å². The molecule has 0 saturated heterocycles. The van der Waals surface area contributed by atoms with Crippen molar-refractivity contribution < 1.29 is 24.2 Å². The third-order valence-electron chi connectivity index (χ3n) is 2.86. The number of ether oxygens (including phenoxy) is 2. The first kappa shape index (κ1) is 17.0. The highest BCUT2D eigenvalue weighted by Gasteiger charge is 2.18. The highest BCUT2D eigenvalue weighted by molar-refractivity contribution is 5.91. The van der Waals surface area contributed by atoms with Crippen LogP contribution in [0.3, 0.4) is 0 Å². The quantitative estimate of drug-likeness (QED) is 0.712. The van der Waals surface area contributed by atoms with E-state index in [-0.39, 0.29) is 17.2 Å². The van der Waals surface area contributed by atoms with Gasteiger partial charge in [0.15, 0.2) is 6.10 Å². The number of nitrogens with one attached hydrogen (secondary N) is 1. The molecule has 116 valence electrons. The van der Waals surface area contributed by atoms with Crippen LogP contribution in [0.4, 0.5) is 0 Å². The predicted molar refractivity (Wildman–Crippen MR) is 77.7 cm³/mol. The first-order chi connectivity index (χ1) is 9.95. The van der Waals surface area contributed by atoms with Crippen LogP contribution >= 0.6 is 0 Å². The summed E-state index contributed by atoms with van der Waals surface area (Å²) in [6.45, 7) is 4.43. The van der Waals surface area contributed by atoms with Gasteiger partial charge in [0.25, 0.3) is 5.91 Å². The second-order valence-corrected chi connectivity index (χ2v) is 4.70. The van der Waals surface area contributed by atoms with E-state index in [4.69, 9.17) is 14.6 Å². The van der Waals surface area contributed by atoms with Crippen LogP contribution in [0.25, 0.3) is 0 Å². The van der Waals surface area contributed by atoms with Gasteiger partial charge in [0, 0.05) is 20.3 Å². The molecular formula is C15H21NO5. The van der Waals surface area contributed by atoms with Crippen molar-refractivity contribution in [1.82, 2.24) is 5.32 Å². The summed E-state index contributed by atoms with van der Waals surface area (Å²) in [6, 6.07) is 4.82. The van der Waals surface area contributed by atoms with Gasteiger partial charge in [0.05, 0.1) is 0 Å². The fraction of sp³-hybridized carbons (Fsp3) is 0.467. The molecule has 6 nitrogen and oxygen atoms in total. The van der Waals surface area contributed by atoms with Crippen LogP contribution < -0.4 is 10.1 Å². The number of carbonyl (C=O) groups excluding carboxylic acids is 1. The van der Waals surface area contributed by atoms with E-state index < -0.39 is 12.1 Å². The van der Waals surface area contributed by atoms with Crippen molar-refractivity contribution in [1.29, 1.82) is 0 Å². The zero-order valence-electron chi connectivity index (χ0n) is 12.5. The maximum atomic E-state index is 11.8. The number of carbonyl (C=O) groups is 2. The number of benzene rings is 1. The molecule has 1 unspecified atom stereocenters. The lowest BCUT2D eigenvalue weighted by Gasteiger charge is -2.16. The van der Waals surface area contributed by atoms with Gasteiger partial charge in [-0.05, 0) is 32.4 Å². The first-order valence-corrected chi connectivity index (χ1v) is 6.73. The summed E-state index contributed by atoms with van der Waals surface area (Å²) in [4.78, 5) is 23.0. The molecule has 0 aliphatic heterocycles. The summed E-state index contributed by atoms with van der Waals surface area (Å²) in [5.41, 5.74) is 0.866. The molecule has 1 atom stereocenters. The van der Waals surface area contributed by atoms with Crippen molar-refractivity contribution in [3.63, 3.8) is 0 Å². The Labute approximate surface area is 124 Å². The second kappa shape index (κ2) is 8.26. The van der Waals surface area contributed by atoms with Gasteiger partial charge in [-0.3, -0.25) is 4.79 Å². The third kappa shape index (κ3) is 5.43. The summed E-state index contributed by atoms with van der Waals surface area (Å²) < 4.78 is 10.3. The van der Waals surface area contributed by atoms with E-state index in [9.17, 15) is 9.59 Å². The Hall–Kier alpha value is -2.08. The zero-order valence-corrected chi connectivity index (χ0v) is 12.5. The number of aromatic carboxylic acids is 1. The molecule has 0 radical (unpaired) electrons. The standard InChI is InChI=1S/C15H21NO5/c1-10-5-6-13(12(9-10)15(18)19)21-11(2)14(17)16-7-4-8-20-3/h5-6,9,11H,4,7-8H2,1-3H3,(H,16,17)(H,18,19). The van der Waals surface area contributed by atoms with Crippen LogP contribution in [-0.4, -0.2) is 43.3 Å². The molecule has 0 aromatic heterocycles. The molecule has 6 heteroatoms. The van der Waals surface area contributed by atoms with Gasteiger partial charge in [-0.25, -0.2) is 4.79 Å². The minimum Gasteiger partial charge on any atom is -0.480 e. The van der Waals surface area contributed by atoms with Gasteiger partial charge in [0.2, 0.25) is 0 Å². The summed E-state index contributed by atoms with van der Waals surface area (Å²) in [5.74, 6) is -1.18. The lowest BCUT2D eigenvalue weighted by Crippen LogP contribution is -2.37. The number of amides is 1. The first-order valence-electron chi connectivity index (χ1n) is 6.73. The van der Waals surface area contributed by atoms with Crippen molar-refractivity contribution in [3.05, 3.63) is 29.3 Å². The van der Waals surface area contributed by atoms with E-state index in [0.29, 0.717) is 19.6 Å². The molecule has 1 amide bonds. The molecule has 1 aromatic rings. The molecule has 0 aliphatic carbocycles.